The normalized spacial score (nSPS) is 18.6. The summed E-state index contributed by atoms with van der Waals surface area (Å²) in [6, 6.07) is 0.0224. The first-order valence-corrected chi connectivity index (χ1v) is 6.15. The van der Waals surface area contributed by atoms with Crippen LogP contribution in [0.4, 0.5) is 0 Å². The second-order valence-corrected chi connectivity index (χ2v) is 5.70. The van der Waals surface area contributed by atoms with Crippen LogP contribution in [0.15, 0.2) is 0 Å². The van der Waals surface area contributed by atoms with E-state index in [1.165, 1.54) is 12.8 Å². The fourth-order valence-electron chi connectivity index (χ4n) is 1.15. The van der Waals surface area contributed by atoms with E-state index in [0.717, 1.165) is 6.42 Å². The monoisotopic (exact) mass is 191 g/mol. The molecule has 1 aliphatic rings. The van der Waals surface area contributed by atoms with Gasteiger partial charge in [-0.2, -0.15) is 0 Å². The quantitative estimate of drug-likeness (QED) is 0.707. The molecule has 4 heteroatoms. The minimum Gasteiger partial charge on any atom is -0.213 e. The van der Waals surface area contributed by atoms with Gasteiger partial charge in [-0.1, -0.05) is 12.8 Å². The van der Waals surface area contributed by atoms with Crippen molar-refractivity contribution in [2.45, 2.75) is 39.2 Å². The number of rotatable bonds is 5. The highest BCUT2D eigenvalue weighted by atomic mass is 32.2. The molecular formula is C8H17NO2S. The standard InChI is InChI=1S/C8H17NO2S/c1-7(2)9-12(10,11)6-5-8-3-4-8/h7-9H,3-6H2,1-2H3. The van der Waals surface area contributed by atoms with Gasteiger partial charge in [0, 0.05) is 6.04 Å². The fourth-order valence-corrected chi connectivity index (χ4v) is 2.63. The van der Waals surface area contributed by atoms with Crippen LogP contribution in [0.25, 0.3) is 0 Å². The summed E-state index contributed by atoms with van der Waals surface area (Å²) in [5.41, 5.74) is 0. The number of hydrogen-bond acceptors (Lipinski definition) is 2. The van der Waals surface area contributed by atoms with Crippen molar-refractivity contribution in [3.63, 3.8) is 0 Å². The van der Waals surface area contributed by atoms with E-state index in [2.05, 4.69) is 4.72 Å². The molecule has 0 radical (unpaired) electrons. The van der Waals surface area contributed by atoms with Crippen LogP contribution in [0.1, 0.15) is 33.1 Å². The Kier molecular flexibility index (Phi) is 3.12. The average molecular weight is 191 g/mol. The maximum Gasteiger partial charge on any atom is 0.211 e. The third-order valence-electron chi connectivity index (χ3n) is 1.91. The molecule has 1 saturated carbocycles. The fraction of sp³-hybridized carbons (Fsp3) is 1.00. The van der Waals surface area contributed by atoms with E-state index in [1.54, 1.807) is 0 Å². The van der Waals surface area contributed by atoms with Crippen LogP contribution in [0.2, 0.25) is 0 Å². The van der Waals surface area contributed by atoms with Gasteiger partial charge in [-0.05, 0) is 26.2 Å². The molecular weight excluding hydrogens is 174 g/mol. The Hall–Kier alpha value is -0.0900. The van der Waals surface area contributed by atoms with Gasteiger partial charge in [0.15, 0.2) is 0 Å². The zero-order valence-electron chi connectivity index (χ0n) is 7.71. The van der Waals surface area contributed by atoms with Crippen molar-refractivity contribution in [1.29, 1.82) is 0 Å². The van der Waals surface area contributed by atoms with Gasteiger partial charge >= 0.3 is 0 Å². The van der Waals surface area contributed by atoms with Crippen LogP contribution >= 0.6 is 0 Å². The molecule has 0 aliphatic heterocycles. The van der Waals surface area contributed by atoms with Gasteiger partial charge in [-0.3, -0.25) is 0 Å². The Balaban J connectivity index is 2.26. The molecule has 1 N–H and O–H groups in total. The molecule has 0 heterocycles. The second kappa shape index (κ2) is 3.75. The Morgan fingerprint density at radius 1 is 1.42 bits per heavy atom. The van der Waals surface area contributed by atoms with E-state index in [-0.39, 0.29) is 6.04 Å². The zero-order chi connectivity index (χ0) is 9.19. The summed E-state index contributed by atoms with van der Waals surface area (Å²) in [5, 5.41) is 0. The molecule has 0 amide bonds. The highest BCUT2D eigenvalue weighted by molar-refractivity contribution is 7.89. The van der Waals surface area contributed by atoms with E-state index < -0.39 is 10.0 Å². The molecule has 0 aromatic carbocycles. The van der Waals surface area contributed by atoms with Crippen LogP contribution < -0.4 is 4.72 Å². The summed E-state index contributed by atoms with van der Waals surface area (Å²) < 4.78 is 25.1. The largest absolute Gasteiger partial charge is 0.213 e. The molecule has 0 aromatic rings. The smallest absolute Gasteiger partial charge is 0.211 e. The van der Waals surface area contributed by atoms with Crippen LogP contribution in [-0.4, -0.2) is 20.2 Å². The SMILES string of the molecule is CC(C)NS(=O)(=O)CCC1CC1. The van der Waals surface area contributed by atoms with E-state index >= 15 is 0 Å². The molecule has 1 fully saturated rings. The highest BCUT2D eigenvalue weighted by Crippen LogP contribution is 2.32. The van der Waals surface area contributed by atoms with Crippen molar-refractivity contribution in [1.82, 2.24) is 4.72 Å². The molecule has 12 heavy (non-hydrogen) atoms. The van der Waals surface area contributed by atoms with E-state index in [1.807, 2.05) is 13.8 Å². The summed E-state index contributed by atoms with van der Waals surface area (Å²) >= 11 is 0. The van der Waals surface area contributed by atoms with Crippen molar-refractivity contribution in [2.75, 3.05) is 5.75 Å². The Morgan fingerprint density at radius 2 is 2.00 bits per heavy atom. The molecule has 0 unspecified atom stereocenters. The van der Waals surface area contributed by atoms with Crippen molar-refractivity contribution >= 4 is 10.0 Å². The summed E-state index contributed by atoms with van der Waals surface area (Å²) in [5.74, 6) is 0.990. The summed E-state index contributed by atoms with van der Waals surface area (Å²) in [7, 11) is -2.99. The van der Waals surface area contributed by atoms with Gasteiger partial charge in [-0.25, -0.2) is 13.1 Å². The number of sulfonamides is 1. The third kappa shape index (κ3) is 4.07. The molecule has 72 valence electrons. The topological polar surface area (TPSA) is 46.2 Å². The first kappa shape index (κ1) is 9.99. The van der Waals surface area contributed by atoms with Crippen molar-refractivity contribution in [3.8, 4) is 0 Å². The molecule has 1 aliphatic carbocycles. The van der Waals surface area contributed by atoms with Gasteiger partial charge in [0.25, 0.3) is 0 Å². The minimum absolute atomic E-state index is 0.0224. The minimum atomic E-state index is -2.99. The lowest BCUT2D eigenvalue weighted by molar-refractivity contribution is 0.564. The van der Waals surface area contributed by atoms with Crippen LogP contribution in [-0.2, 0) is 10.0 Å². The van der Waals surface area contributed by atoms with E-state index in [0.29, 0.717) is 11.7 Å². The zero-order valence-corrected chi connectivity index (χ0v) is 8.52. The summed E-state index contributed by atoms with van der Waals surface area (Å²) in [6.45, 7) is 3.68. The van der Waals surface area contributed by atoms with Crippen molar-refractivity contribution in [2.24, 2.45) is 5.92 Å². The van der Waals surface area contributed by atoms with Crippen molar-refractivity contribution in [3.05, 3.63) is 0 Å². The Morgan fingerprint density at radius 3 is 2.42 bits per heavy atom. The average Bonchev–Trinajstić information content (AvgIpc) is 2.62. The van der Waals surface area contributed by atoms with Crippen LogP contribution in [0, 0.1) is 5.92 Å². The molecule has 1 rings (SSSR count). The molecule has 0 atom stereocenters. The number of nitrogens with one attached hydrogen (secondary N) is 1. The van der Waals surface area contributed by atoms with Gasteiger partial charge in [-0.15, -0.1) is 0 Å². The van der Waals surface area contributed by atoms with E-state index in [9.17, 15) is 8.42 Å². The lowest BCUT2D eigenvalue weighted by Gasteiger charge is -2.08. The van der Waals surface area contributed by atoms with Gasteiger partial charge < -0.3 is 0 Å². The Bertz CT molecular complexity index is 229. The molecule has 0 spiro atoms. The molecule has 0 bridgehead atoms. The second-order valence-electron chi connectivity index (χ2n) is 3.82. The highest BCUT2D eigenvalue weighted by Gasteiger charge is 2.23. The number of hydrogen-bond donors (Lipinski definition) is 1. The Labute approximate surface area is 74.6 Å². The summed E-state index contributed by atoms with van der Waals surface area (Å²) in [6.07, 6.45) is 3.27. The lowest BCUT2D eigenvalue weighted by Crippen LogP contribution is -2.32. The lowest BCUT2D eigenvalue weighted by atomic mass is 10.3. The third-order valence-corrected chi connectivity index (χ3v) is 3.51. The molecule has 3 nitrogen and oxygen atoms in total. The first-order chi connectivity index (χ1) is 5.49. The first-order valence-electron chi connectivity index (χ1n) is 4.49. The van der Waals surface area contributed by atoms with Crippen LogP contribution in [0.5, 0.6) is 0 Å². The van der Waals surface area contributed by atoms with Gasteiger partial charge in [0.1, 0.15) is 0 Å². The van der Waals surface area contributed by atoms with Gasteiger partial charge in [0.2, 0.25) is 10.0 Å². The maximum absolute atomic E-state index is 11.3. The summed E-state index contributed by atoms with van der Waals surface area (Å²) in [4.78, 5) is 0. The molecule has 0 saturated heterocycles. The molecule has 0 aromatic heterocycles. The van der Waals surface area contributed by atoms with Crippen LogP contribution in [0.3, 0.4) is 0 Å². The predicted octanol–water partition coefficient (Wildman–Crippen LogP) is 1.11. The predicted molar refractivity (Wildman–Crippen MR) is 49.4 cm³/mol. The maximum atomic E-state index is 11.3. The van der Waals surface area contributed by atoms with Crippen molar-refractivity contribution < 1.29 is 8.42 Å². The van der Waals surface area contributed by atoms with E-state index in [4.69, 9.17) is 0 Å². The van der Waals surface area contributed by atoms with Gasteiger partial charge in [0.05, 0.1) is 5.75 Å².